The molecule has 1 atom stereocenters. The van der Waals surface area contributed by atoms with Gasteiger partial charge in [-0.3, -0.25) is 4.79 Å². The van der Waals surface area contributed by atoms with Crippen molar-refractivity contribution in [1.82, 2.24) is 0 Å². The second kappa shape index (κ2) is 13.2. The SMILES string of the molecule is CCC(C(=O)Nc1cccc(F)c1)C(C)C.Nc1cccc(F)c1.O=C=O. The maximum absolute atomic E-state index is 12.9. The number of benzene rings is 2. The van der Waals surface area contributed by atoms with E-state index in [1.54, 1.807) is 24.3 Å². The predicted octanol–water partition coefficient (Wildman–Crippen LogP) is 4.27. The number of carbonyl (C=O) groups excluding carboxylic acids is 3. The third-order valence-electron chi connectivity index (χ3n) is 3.52. The lowest BCUT2D eigenvalue weighted by Crippen LogP contribution is -2.26. The van der Waals surface area contributed by atoms with Crippen molar-refractivity contribution in [1.29, 1.82) is 0 Å². The molecule has 0 aliphatic rings. The van der Waals surface area contributed by atoms with Crippen molar-refractivity contribution in [2.24, 2.45) is 11.8 Å². The van der Waals surface area contributed by atoms with Gasteiger partial charge >= 0.3 is 6.15 Å². The Morgan fingerprint density at radius 3 is 1.96 bits per heavy atom. The molecule has 0 aromatic heterocycles. The van der Waals surface area contributed by atoms with Gasteiger partial charge in [-0.2, -0.15) is 9.59 Å². The van der Waals surface area contributed by atoms with Crippen LogP contribution in [0.1, 0.15) is 27.2 Å². The average Bonchev–Trinajstić information content (AvgIpc) is 2.56. The first-order valence-electron chi connectivity index (χ1n) is 8.31. The first kappa shape index (κ1) is 23.9. The third-order valence-corrected chi connectivity index (χ3v) is 3.52. The minimum atomic E-state index is -0.338. The molecule has 0 saturated carbocycles. The number of nitrogens with one attached hydrogen (secondary N) is 1. The molecule has 2 aromatic carbocycles. The molecule has 0 aliphatic carbocycles. The summed E-state index contributed by atoms with van der Waals surface area (Å²) in [6, 6.07) is 11.8. The predicted molar refractivity (Wildman–Crippen MR) is 99.5 cm³/mol. The molecule has 27 heavy (non-hydrogen) atoms. The first-order chi connectivity index (χ1) is 12.7. The van der Waals surface area contributed by atoms with Crippen LogP contribution in [0.3, 0.4) is 0 Å². The monoisotopic (exact) mass is 378 g/mol. The molecule has 0 heterocycles. The molecule has 2 rings (SSSR count). The number of anilines is 2. The van der Waals surface area contributed by atoms with Crippen LogP contribution in [0.4, 0.5) is 20.2 Å². The van der Waals surface area contributed by atoms with Crippen molar-refractivity contribution >= 4 is 23.4 Å². The molecule has 0 saturated heterocycles. The lowest BCUT2D eigenvalue weighted by Gasteiger charge is -2.18. The molecule has 7 heteroatoms. The normalized spacial score (nSPS) is 10.4. The maximum atomic E-state index is 12.9. The van der Waals surface area contributed by atoms with Crippen molar-refractivity contribution in [2.75, 3.05) is 11.1 Å². The molecular weight excluding hydrogens is 354 g/mol. The van der Waals surface area contributed by atoms with Gasteiger partial charge in [-0.05, 0) is 48.7 Å². The van der Waals surface area contributed by atoms with Crippen molar-refractivity contribution in [3.8, 4) is 0 Å². The van der Waals surface area contributed by atoms with Crippen molar-refractivity contribution in [3.05, 3.63) is 60.2 Å². The van der Waals surface area contributed by atoms with Gasteiger partial charge in [-0.15, -0.1) is 0 Å². The number of hydrogen-bond donors (Lipinski definition) is 2. The number of hydrogen-bond acceptors (Lipinski definition) is 4. The first-order valence-corrected chi connectivity index (χ1v) is 8.31. The van der Waals surface area contributed by atoms with Crippen LogP contribution in [-0.2, 0) is 14.4 Å². The summed E-state index contributed by atoms with van der Waals surface area (Å²) in [5, 5.41) is 2.74. The van der Waals surface area contributed by atoms with E-state index in [4.69, 9.17) is 15.3 Å². The number of carbonyl (C=O) groups is 1. The van der Waals surface area contributed by atoms with Gasteiger partial charge in [0.1, 0.15) is 11.6 Å². The topological polar surface area (TPSA) is 89.3 Å². The van der Waals surface area contributed by atoms with Gasteiger partial charge in [0.2, 0.25) is 5.91 Å². The third kappa shape index (κ3) is 10.5. The van der Waals surface area contributed by atoms with Crippen LogP contribution in [0.2, 0.25) is 0 Å². The Balaban J connectivity index is 0.000000509. The molecule has 5 nitrogen and oxygen atoms in total. The largest absolute Gasteiger partial charge is 0.399 e. The summed E-state index contributed by atoms with van der Waals surface area (Å²) < 4.78 is 25.0. The highest BCUT2D eigenvalue weighted by atomic mass is 19.1. The number of rotatable bonds is 4. The molecule has 1 amide bonds. The van der Waals surface area contributed by atoms with E-state index in [0.717, 1.165) is 6.42 Å². The zero-order valence-corrected chi connectivity index (χ0v) is 15.5. The van der Waals surface area contributed by atoms with Crippen LogP contribution in [0, 0.1) is 23.5 Å². The van der Waals surface area contributed by atoms with Crippen LogP contribution < -0.4 is 11.1 Å². The average molecular weight is 378 g/mol. The Morgan fingerprint density at radius 2 is 1.59 bits per heavy atom. The Bertz CT molecular complexity index is 728. The smallest absolute Gasteiger partial charge is 0.373 e. The second-order valence-electron chi connectivity index (χ2n) is 5.90. The fraction of sp³-hybridized carbons (Fsp3) is 0.300. The zero-order valence-electron chi connectivity index (χ0n) is 15.5. The molecular formula is C20H24F2N2O3. The van der Waals surface area contributed by atoms with Gasteiger partial charge in [0, 0.05) is 17.3 Å². The van der Waals surface area contributed by atoms with Gasteiger partial charge in [0.25, 0.3) is 0 Å². The fourth-order valence-electron chi connectivity index (χ4n) is 2.27. The van der Waals surface area contributed by atoms with E-state index in [2.05, 4.69) is 5.32 Å². The van der Waals surface area contributed by atoms with Gasteiger partial charge < -0.3 is 11.1 Å². The van der Waals surface area contributed by atoms with E-state index in [1.807, 2.05) is 20.8 Å². The number of amides is 1. The standard InChI is InChI=1S/C13H18FNO.C6H6FN.CO2/c1-4-12(9(2)3)13(16)15-11-7-5-6-10(14)8-11;7-5-2-1-3-6(8)4-5;2-1-3/h5-9,12H,4H2,1-3H3,(H,15,16);1-4H,8H2;. The van der Waals surface area contributed by atoms with E-state index in [0.29, 0.717) is 17.3 Å². The van der Waals surface area contributed by atoms with Crippen molar-refractivity contribution < 1.29 is 23.2 Å². The summed E-state index contributed by atoms with van der Waals surface area (Å²) in [5.74, 6) is -0.398. The zero-order chi connectivity index (χ0) is 20.8. The van der Waals surface area contributed by atoms with Gasteiger partial charge in [-0.1, -0.05) is 32.9 Å². The molecule has 0 radical (unpaired) electrons. The summed E-state index contributed by atoms with van der Waals surface area (Å²) in [5.41, 5.74) is 6.20. The molecule has 2 aromatic rings. The Kier molecular flexibility index (Phi) is 11.7. The fourth-order valence-corrected chi connectivity index (χ4v) is 2.27. The lowest BCUT2D eigenvalue weighted by molar-refractivity contribution is -0.191. The van der Waals surface area contributed by atoms with Crippen LogP contribution in [-0.4, -0.2) is 12.1 Å². The highest BCUT2D eigenvalue weighted by Gasteiger charge is 2.19. The van der Waals surface area contributed by atoms with Crippen molar-refractivity contribution in [3.63, 3.8) is 0 Å². The molecule has 1 unspecified atom stereocenters. The highest BCUT2D eigenvalue weighted by Crippen LogP contribution is 2.18. The Morgan fingerprint density at radius 1 is 1.07 bits per heavy atom. The van der Waals surface area contributed by atoms with E-state index in [9.17, 15) is 13.6 Å². The summed E-state index contributed by atoms with van der Waals surface area (Å²) in [6.07, 6.45) is 1.04. The summed E-state index contributed by atoms with van der Waals surface area (Å²) in [7, 11) is 0. The van der Waals surface area contributed by atoms with Crippen LogP contribution in [0.5, 0.6) is 0 Å². The Labute approximate surface area is 157 Å². The molecule has 0 spiro atoms. The van der Waals surface area contributed by atoms with E-state index in [1.165, 1.54) is 24.3 Å². The van der Waals surface area contributed by atoms with E-state index >= 15 is 0 Å². The number of nitrogen functional groups attached to an aromatic ring is 1. The molecule has 0 fully saturated rings. The summed E-state index contributed by atoms with van der Waals surface area (Å²) >= 11 is 0. The van der Waals surface area contributed by atoms with Gasteiger partial charge in [-0.25, -0.2) is 8.78 Å². The number of nitrogens with two attached hydrogens (primary N) is 1. The quantitative estimate of drug-likeness (QED) is 0.778. The second-order valence-corrected chi connectivity index (χ2v) is 5.90. The molecule has 0 bridgehead atoms. The Hall–Kier alpha value is -3.05. The van der Waals surface area contributed by atoms with Crippen LogP contribution in [0.25, 0.3) is 0 Å². The maximum Gasteiger partial charge on any atom is 0.373 e. The molecule has 146 valence electrons. The van der Waals surface area contributed by atoms with Crippen molar-refractivity contribution in [2.45, 2.75) is 27.2 Å². The summed E-state index contributed by atoms with van der Waals surface area (Å²) in [6.45, 7) is 6.01. The lowest BCUT2D eigenvalue weighted by atomic mass is 9.92. The number of halogens is 2. The van der Waals surface area contributed by atoms with Crippen LogP contribution >= 0.6 is 0 Å². The molecule has 3 N–H and O–H groups in total. The summed E-state index contributed by atoms with van der Waals surface area (Å²) in [4.78, 5) is 28.1. The van der Waals surface area contributed by atoms with E-state index in [-0.39, 0.29) is 29.6 Å². The van der Waals surface area contributed by atoms with Gasteiger partial charge in [0.15, 0.2) is 0 Å². The van der Waals surface area contributed by atoms with Crippen LogP contribution in [0.15, 0.2) is 48.5 Å². The van der Waals surface area contributed by atoms with Gasteiger partial charge in [0.05, 0.1) is 0 Å². The minimum Gasteiger partial charge on any atom is -0.399 e. The molecule has 0 aliphatic heterocycles. The minimum absolute atomic E-state index is 0.0248. The van der Waals surface area contributed by atoms with E-state index < -0.39 is 0 Å². The highest BCUT2D eigenvalue weighted by molar-refractivity contribution is 5.92.